The van der Waals surface area contributed by atoms with Crippen LogP contribution in [-0.2, 0) is 0 Å². The zero-order valence-electron chi connectivity index (χ0n) is 6.38. The molecule has 0 atom stereocenters. The van der Waals surface area contributed by atoms with Crippen LogP contribution in [0.5, 0.6) is 5.75 Å². The molecular weight excluding hydrogens is 166 g/mol. The molecule has 12 heavy (non-hydrogen) atoms. The molecule has 0 amide bonds. The van der Waals surface area contributed by atoms with Gasteiger partial charge < -0.3 is 10.8 Å². The highest BCUT2D eigenvalue weighted by Gasteiger charge is 2.14. The van der Waals surface area contributed by atoms with Gasteiger partial charge in [0.05, 0.1) is 11.4 Å². The Kier molecular flexibility index (Phi) is 2.12. The third-order valence-corrected chi connectivity index (χ3v) is 1.45. The van der Waals surface area contributed by atoms with Gasteiger partial charge in [-0.05, 0) is 6.92 Å². The number of halogens is 2. The van der Waals surface area contributed by atoms with Crippen molar-refractivity contribution in [3.8, 4) is 5.75 Å². The van der Waals surface area contributed by atoms with Crippen LogP contribution in [0, 0.1) is 6.92 Å². The Hall–Kier alpha value is -1.39. The Balaban J connectivity index is 3.23. The molecule has 0 unspecified atom stereocenters. The fourth-order valence-electron chi connectivity index (χ4n) is 0.803. The molecule has 0 aliphatic heterocycles. The zero-order valence-corrected chi connectivity index (χ0v) is 6.38. The number of aromatic hydroxyl groups is 1. The molecule has 3 N–H and O–H groups in total. The molecule has 0 saturated heterocycles. The Bertz CT molecular complexity index is 302. The van der Waals surface area contributed by atoms with Crippen molar-refractivity contribution in [3.63, 3.8) is 0 Å². The van der Waals surface area contributed by atoms with E-state index in [0.29, 0.717) is 0 Å². The number of aromatic nitrogens is 1. The van der Waals surface area contributed by atoms with Crippen LogP contribution in [0.1, 0.15) is 17.8 Å². The van der Waals surface area contributed by atoms with Crippen molar-refractivity contribution in [2.45, 2.75) is 13.3 Å². The van der Waals surface area contributed by atoms with E-state index in [-0.39, 0.29) is 17.1 Å². The van der Waals surface area contributed by atoms with E-state index in [0.717, 1.165) is 6.07 Å². The summed E-state index contributed by atoms with van der Waals surface area (Å²) in [5.41, 5.74) is 4.67. The molecule has 1 rings (SSSR count). The first-order valence-electron chi connectivity index (χ1n) is 3.26. The van der Waals surface area contributed by atoms with Crippen LogP contribution in [-0.4, -0.2) is 10.1 Å². The molecule has 0 saturated carbocycles. The van der Waals surface area contributed by atoms with Crippen molar-refractivity contribution in [3.05, 3.63) is 17.5 Å². The molecule has 0 bridgehead atoms. The zero-order chi connectivity index (χ0) is 9.30. The first-order chi connectivity index (χ1) is 5.52. The van der Waals surface area contributed by atoms with Gasteiger partial charge in [0.1, 0.15) is 11.4 Å². The summed E-state index contributed by atoms with van der Waals surface area (Å²) in [6, 6.07) is 1.07. The van der Waals surface area contributed by atoms with Crippen LogP contribution >= 0.6 is 0 Å². The highest BCUT2D eigenvalue weighted by molar-refractivity contribution is 5.49. The Morgan fingerprint density at radius 3 is 2.67 bits per heavy atom. The van der Waals surface area contributed by atoms with Gasteiger partial charge >= 0.3 is 0 Å². The number of nitrogen functional groups attached to an aromatic ring is 1. The monoisotopic (exact) mass is 174 g/mol. The van der Waals surface area contributed by atoms with Crippen molar-refractivity contribution in [2.24, 2.45) is 0 Å². The van der Waals surface area contributed by atoms with E-state index in [1.54, 1.807) is 0 Å². The molecule has 1 aromatic rings. The van der Waals surface area contributed by atoms with Crippen molar-refractivity contribution in [1.29, 1.82) is 0 Å². The summed E-state index contributed by atoms with van der Waals surface area (Å²) in [7, 11) is 0. The van der Waals surface area contributed by atoms with E-state index in [9.17, 15) is 8.78 Å². The second-order valence-corrected chi connectivity index (χ2v) is 2.37. The van der Waals surface area contributed by atoms with E-state index < -0.39 is 12.1 Å². The summed E-state index contributed by atoms with van der Waals surface area (Å²) < 4.78 is 24.2. The predicted octanol–water partition coefficient (Wildman–Crippen LogP) is 1.62. The number of rotatable bonds is 1. The Morgan fingerprint density at radius 1 is 1.58 bits per heavy atom. The maximum absolute atomic E-state index is 12.1. The fourth-order valence-corrected chi connectivity index (χ4v) is 0.803. The predicted molar refractivity (Wildman–Crippen MR) is 40.0 cm³/mol. The third-order valence-electron chi connectivity index (χ3n) is 1.45. The minimum Gasteiger partial charge on any atom is -0.506 e. The molecule has 1 heterocycles. The average Bonchev–Trinajstić information content (AvgIpc) is 1.96. The van der Waals surface area contributed by atoms with Gasteiger partial charge in [0.15, 0.2) is 0 Å². The summed E-state index contributed by atoms with van der Waals surface area (Å²) in [5.74, 6) is -0.170. The van der Waals surface area contributed by atoms with Gasteiger partial charge in [-0.1, -0.05) is 0 Å². The van der Waals surface area contributed by atoms with Crippen LogP contribution in [0.2, 0.25) is 0 Å². The van der Waals surface area contributed by atoms with Crippen molar-refractivity contribution < 1.29 is 13.9 Å². The lowest BCUT2D eigenvalue weighted by Gasteiger charge is -2.05. The maximum Gasteiger partial charge on any atom is 0.282 e. The van der Waals surface area contributed by atoms with Gasteiger partial charge in [-0.2, -0.15) is 0 Å². The van der Waals surface area contributed by atoms with Gasteiger partial charge in [-0.25, -0.2) is 13.8 Å². The third kappa shape index (κ3) is 1.44. The number of hydrogen-bond donors (Lipinski definition) is 2. The molecule has 5 heteroatoms. The van der Waals surface area contributed by atoms with E-state index in [1.165, 1.54) is 6.92 Å². The quantitative estimate of drug-likeness (QED) is 0.680. The van der Waals surface area contributed by atoms with E-state index in [4.69, 9.17) is 10.8 Å². The molecule has 0 fully saturated rings. The van der Waals surface area contributed by atoms with Gasteiger partial charge in [0.2, 0.25) is 0 Å². The molecule has 0 aromatic carbocycles. The number of aryl methyl sites for hydroxylation is 1. The van der Waals surface area contributed by atoms with E-state index in [1.807, 2.05) is 0 Å². The average molecular weight is 174 g/mol. The molecule has 0 spiro atoms. The van der Waals surface area contributed by atoms with Crippen molar-refractivity contribution in [1.82, 2.24) is 4.98 Å². The van der Waals surface area contributed by atoms with Crippen LogP contribution < -0.4 is 5.73 Å². The highest BCUT2D eigenvalue weighted by Crippen LogP contribution is 2.27. The van der Waals surface area contributed by atoms with Gasteiger partial charge in [-0.15, -0.1) is 0 Å². The van der Waals surface area contributed by atoms with Crippen LogP contribution in [0.4, 0.5) is 14.5 Å². The minimum absolute atomic E-state index is 0.152. The summed E-state index contributed by atoms with van der Waals surface area (Å²) in [5, 5.41) is 9.02. The van der Waals surface area contributed by atoms with Crippen LogP contribution in [0.3, 0.4) is 0 Å². The second kappa shape index (κ2) is 2.92. The molecule has 3 nitrogen and oxygen atoms in total. The lowest BCUT2D eigenvalue weighted by atomic mass is 10.2. The number of nitrogens with zero attached hydrogens (tertiary/aromatic N) is 1. The number of pyridine rings is 1. The number of hydrogen-bond acceptors (Lipinski definition) is 3. The summed E-state index contributed by atoms with van der Waals surface area (Å²) in [4.78, 5) is 3.45. The Labute approximate surface area is 67.8 Å². The van der Waals surface area contributed by atoms with Gasteiger partial charge in [0.25, 0.3) is 6.43 Å². The number of alkyl halides is 2. The largest absolute Gasteiger partial charge is 0.506 e. The molecule has 66 valence electrons. The molecule has 0 aliphatic rings. The lowest BCUT2D eigenvalue weighted by molar-refractivity contribution is 0.146. The van der Waals surface area contributed by atoms with Gasteiger partial charge in [-0.3, -0.25) is 0 Å². The SMILES string of the molecule is Cc1nc(C(F)F)c(N)cc1O. The van der Waals surface area contributed by atoms with E-state index in [2.05, 4.69) is 4.98 Å². The van der Waals surface area contributed by atoms with E-state index >= 15 is 0 Å². The van der Waals surface area contributed by atoms with Crippen molar-refractivity contribution >= 4 is 5.69 Å². The first kappa shape index (κ1) is 8.70. The molecular formula is C7H8F2N2O. The maximum atomic E-state index is 12.1. The molecule has 0 radical (unpaired) electrons. The first-order valence-corrected chi connectivity index (χ1v) is 3.26. The highest BCUT2D eigenvalue weighted by atomic mass is 19.3. The number of nitrogens with two attached hydrogens (primary N) is 1. The fraction of sp³-hybridized carbons (Fsp3) is 0.286. The minimum atomic E-state index is -2.70. The standard InChI is InChI=1S/C7H8F2N2O/c1-3-5(12)2-4(10)6(11-3)7(8)9/h2,7,12H,10H2,1H3. The van der Waals surface area contributed by atoms with Crippen LogP contribution in [0.25, 0.3) is 0 Å². The summed E-state index contributed by atoms with van der Waals surface area (Å²) in [6.45, 7) is 1.43. The normalized spacial score (nSPS) is 10.7. The summed E-state index contributed by atoms with van der Waals surface area (Å²) >= 11 is 0. The van der Waals surface area contributed by atoms with Crippen LogP contribution in [0.15, 0.2) is 6.07 Å². The lowest BCUT2D eigenvalue weighted by Crippen LogP contribution is -1.99. The van der Waals surface area contributed by atoms with Gasteiger partial charge in [0, 0.05) is 6.07 Å². The topological polar surface area (TPSA) is 59.1 Å². The summed E-state index contributed by atoms with van der Waals surface area (Å²) in [6.07, 6.45) is -2.70. The Morgan fingerprint density at radius 2 is 2.17 bits per heavy atom. The number of anilines is 1. The molecule has 0 aliphatic carbocycles. The van der Waals surface area contributed by atoms with Crippen molar-refractivity contribution in [2.75, 3.05) is 5.73 Å². The second-order valence-electron chi connectivity index (χ2n) is 2.37. The smallest absolute Gasteiger partial charge is 0.282 e. The molecule has 1 aromatic heterocycles.